The Bertz CT molecular complexity index is 1060. The van der Waals surface area contributed by atoms with Crippen LogP contribution in [0.1, 0.15) is 23.2 Å². The molecule has 2 aliphatic rings. The van der Waals surface area contributed by atoms with Crippen molar-refractivity contribution in [1.29, 1.82) is 0 Å². The summed E-state index contributed by atoms with van der Waals surface area (Å²) >= 11 is 8.14. The third-order valence-corrected chi connectivity index (χ3v) is 7.13. The monoisotopic (exact) mass is 445 g/mol. The fourth-order valence-electron chi connectivity index (χ4n) is 4.09. The van der Waals surface area contributed by atoms with Crippen LogP contribution >= 0.6 is 22.9 Å². The molecule has 3 aromatic rings. The normalized spacial score (nSPS) is 25.8. The summed E-state index contributed by atoms with van der Waals surface area (Å²) in [6.45, 7) is 0.863. The summed E-state index contributed by atoms with van der Waals surface area (Å²) in [4.78, 5) is 16.0. The number of halogens is 1. The zero-order valence-electron chi connectivity index (χ0n) is 15.8. The SMILES string of the molecule is NC(=O)c1cc(-c2ncco2)cc(-c2nnc(NC3CCC4NNCC4C3Cl)s2)c1. The Kier molecular flexibility index (Phi) is 5.15. The van der Waals surface area contributed by atoms with Crippen LogP contribution in [0, 0.1) is 5.92 Å². The highest BCUT2D eigenvalue weighted by molar-refractivity contribution is 7.18. The second-order valence-electron chi connectivity index (χ2n) is 7.48. The lowest BCUT2D eigenvalue weighted by Crippen LogP contribution is -2.47. The highest BCUT2D eigenvalue weighted by atomic mass is 35.5. The van der Waals surface area contributed by atoms with Crippen LogP contribution < -0.4 is 21.9 Å². The van der Waals surface area contributed by atoms with Crippen molar-refractivity contribution in [2.24, 2.45) is 11.7 Å². The Morgan fingerprint density at radius 1 is 1.27 bits per heavy atom. The molecule has 0 radical (unpaired) electrons. The fraction of sp³-hybridized carbons (Fsp3) is 0.368. The van der Waals surface area contributed by atoms with Crippen molar-refractivity contribution in [3.8, 4) is 22.0 Å². The van der Waals surface area contributed by atoms with Gasteiger partial charge < -0.3 is 15.5 Å². The molecule has 1 aliphatic carbocycles. The van der Waals surface area contributed by atoms with Gasteiger partial charge in [0.1, 0.15) is 11.3 Å². The summed E-state index contributed by atoms with van der Waals surface area (Å²) in [5, 5.41) is 13.4. The number of aromatic nitrogens is 3. The van der Waals surface area contributed by atoms with E-state index in [0.717, 1.165) is 24.9 Å². The molecule has 0 bridgehead atoms. The summed E-state index contributed by atoms with van der Waals surface area (Å²) in [5.74, 6) is 0.247. The zero-order chi connectivity index (χ0) is 20.7. The average molecular weight is 446 g/mol. The number of nitrogens with two attached hydrogens (primary N) is 1. The van der Waals surface area contributed by atoms with Crippen LogP contribution in [-0.2, 0) is 0 Å². The smallest absolute Gasteiger partial charge is 0.248 e. The van der Waals surface area contributed by atoms with Crippen LogP contribution in [-0.4, -0.2) is 45.1 Å². The van der Waals surface area contributed by atoms with Gasteiger partial charge in [0.2, 0.25) is 16.9 Å². The van der Waals surface area contributed by atoms with E-state index in [1.54, 1.807) is 18.3 Å². The van der Waals surface area contributed by atoms with Crippen molar-refractivity contribution < 1.29 is 9.21 Å². The molecular formula is C19H20ClN7O2S. The number of anilines is 1. The first kappa shape index (κ1) is 19.4. The molecule has 2 fully saturated rings. The van der Waals surface area contributed by atoms with E-state index in [0.29, 0.717) is 39.1 Å². The zero-order valence-corrected chi connectivity index (χ0v) is 17.4. The number of rotatable bonds is 5. The fourth-order valence-corrected chi connectivity index (χ4v) is 5.33. The van der Waals surface area contributed by atoms with E-state index >= 15 is 0 Å². The van der Waals surface area contributed by atoms with E-state index < -0.39 is 5.91 Å². The number of hydrazine groups is 1. The lowest BCUT2D eigenvalue weighted by atomic mass is 9.82. The maximum Gasteiger partial charge on any atom is 0.248 e. The van der Waals surface area contributed by atoms with Crippen molar-refractivity contribution in [3.05, 3.63) is 36.2 Å². The minimum Gasteiger partial charge on any atom is -0.445 e. The summed E-state index contributed by atoms with van der Waals surface area (Å²) in [6, 6.07) is 5.74. The summed E-state index contributed by atoms with van der Waals surface area (Å²) in [7, 11) is 0. The van der Waals surface area contributed by atoms with Crippen molar-refractivity contribution in [2.45, 2.75) is 30.3 Å². The van der Waals surface area contributed by atoms with E-state index in [4.69, 9.17) is 21.8 Å². The predicted octanol–water partition coefficient (Wildman–Crippen LogP) is 2.23. The number of amides is 1. The molecule has 0 spiro atoms. The van der Waals surface area contributed by atoms with Gasteiger partial charge in [-0.3, -0.25) is 15.6 Å². The van der Waals surface area contributed by atoms with E-state index in [2.05, 4.69) is 31.3 Å². The van der Waals surface area contributed by atoms with Crippen LogP contribution in [0.15, 0.2) is 35.1 Å². The Hall–Kier alpha value is -2.53. The Morgan fingerprint density at radius 3 is 2.93 bits per heavy atom. The molecule has 4 unspecified atom stereocenters. The van der Waals surface area contributed by atoms with Crippen molar-refractivity contribution >= 4 is 34.0 Å². The molecule has 1 saturated carbocycles. The Balaban J connectivity index is 1.39. The number of oxazole rings is 1. The first-order chi connectivity index (χ1) is 14.6. The molecule has 9 nitrogen and oxygen atoms in total. The van der Waals surface area contributed by atoms with Gasteiger partial charge in [-0.05, 0) is 31.0 Å². The average Bonchev–Trinajstić information content (AvgIpc) is 3.51. The van der Waals surface area contributed by atoms with Crippen LogP contribution in [0.2, 0.25) is 0 Å². The van der Waals surface area contributed by atoms with Gasteiger partial charge in [-0.25, -0.2) is 4.98 Å². The molecule has 1 saturated heterocycles. The maximum absolute atomic E-state index is 11.8. The third kappa shape index (κ3) is 3.67. The summed E-state index contributed by atoms with van der Waals surface area (Å²) < 4.78 is 5.36. The van der Waals surface area contributed by atoms with Crippen LogP contribution in [0.3, 0.4) is 0 Å². The number of hydrogen-bond acceptors (Lipinski definition) is 9. The Labute approximate surface area is 181 Å². The second kappa shape index (κ2) is 7.95. The topological polar surface area (TPSA) is 131 Å². The summed E-state index contributed by atoms with van der Waals surface area (Å²) in [6.07, 6.45) is 5.02. The van der Waals surface area contributed by atoms with Crippen LogP contribution in [0.4, 0.5) is 5.13 Å². The number of carbonyl (C=O) groups is 1. The molecule has 11 heteroatoms. The van der Waals surface area contributed by atoms with Gasteiger partial charge in [-0.15, -0.1) is 21.8 Å². The number of fused-ring (bicyclic) bond motifs is 1. The van der Waals surface area contributed by atoms with Crippen molar-refractivity contribution in [3.63, 3.8) is 0 Å². The molecule has 1 aliphatic heterocycles. The standard InChI is InChI=1S/C19H20ClN7O2S/c20-15-12-8-23-25-13(12)1-2-14(15)24-19-27-26-18(30-19)11-6-9(16(21)28)5-10(7-11)17-22-3-4-29-17/h3-7,12-15,23,25H,1-2,8H2,(H2,21,28)(H,24,27). The Morgan fingerprint density at radius 2 is 2.13 bits per heavy atom. The number of alkyl halides is 1. The van der Waals surface area contributed by atoms with Crippen LogP contribution in [0.5, 0.6) is 0 Å². The van der Waals surface area contributed by atoms with Gasteiger partial charge in [-0.1, -0.05) is 11.3 Å². The van der Waals surface area contributed by atoms with Gasteiger partial charge in [0.25, 0.3) is 0 Å². The number of nitrogens with zero attached hydrogens (tertiary/aromatic N) is 3. The summed E-state index contributed by atoms with van der Waals surface area (Å²) in [5.41, 5.74) is 13.7. The lowest BCUT2D eigenvalue weighted by molar-refractivity contribution is 0.100. The number of carbonyl (C=O) groups excluding carboxylic acids is 1. The molecule has 5 N–H and O–H groups in total. The molecule has 30 heavy (non-hydrogen) atoms. The number of nitrogens with one attached hydrogen (secondary N) is 3. The minimum absolute atomic E-state index is 0.00609. The van der Waals surface area contributed by atoms with E-state index in [1.807, 2.05) is 6.07 Å². The largest absolute Gasteiger partial charge is 0.445 e. The highest BCUT2D eigenvalue weighted by Gasteiger charge is 2.41. The minimum atomic E-state index is -0.534. The lowest BCUT2D eigenvalue weighted by Gasteiger charge is -2.35. The molecule has 156 valence electrons. The van der Waals surface area contributed by atoms with E-state index in [9.17, 15) is 4.79 Å². The quantitative estimate of drug-likeness (QED) is 0.440. The van der Waals surface area contributed by atoms with E-state index in [-0.39, 0.29) is 11.4 Å². The molecule has 1 amide bonds. The molecule has 2 aromatic heterocycles. The van der Waals surface area contributed by atoms with E-state index in [1.165, 1.54) is 17.6 Å². The second-order valence-corrected chi connectivity index (χ2v) is 8.96. The molecule has 1 aromatic carbocycles. The van der Waals surface area contributed by atoms with Crippen LogP contribution in [0.25, 0.3) is 22.0 Å². The number of primary amides is 1. The number of benzene rings is 1. The third-order valence-electron chi connectivity index (χ3n) is 5.60. The molecule has 4 atom stereocenters. The van der Waals surface area contributed by atoms with Gasteiger partial charge in [0.15, 0.2) is 0 Å². The first-order valence-electron chi connectivity index (χ1n) is 9.66. The highest BCUT2D eigenvalue weighted by Crippen LogP contribution is 2.35. The van der Waals surface area contributed by atoms with Crippen molar-refractivity contribution in [1.82, 2.24) is 26.0 Å². The van der Waals surface area contributed by atoms with Gasteiger partial charge in [0.05, 0.1) is 11.6 Å². The molecule has 3 heterocycles. The molecule has 5 rings (SSSR count). The first-order valence-corrected chi connectivity index (χ1v) is 10.9. The maximum atomic E-state index is 11.8. The van der Waals surface area contributed by atoms with Gasteiger partial charge >= 0.3 is 0 Å². The van der Waals surface area contributed by atoms with Gasteiger partial charge in [-0.2, -0.15) is 0 Å². The van der Waals surface area contributed by atoms with Gasteiger partial charge in [0, 0.05) is 41.2 Å². The number of hydrogen-bond donors (Lipinski definition) is 4. The molecular weight excluding hydrogens is 426 g/mol. The predicted molar refractivity (Wildman–Crippen MR) is 114 cm³/mol. The van der Waals surface area contributed by atoms with Crippen molar-refractivity contribution in [2.75, 3.05) is 11.9 Å².